The van der Waals surface area contributed by atoms with Crippen LogP contribution in [0.5, 0.6) is 0 Å². The lowest BCUT2D eigenvalue weighted by Gasteiger charge is -2.23. The van der Waals surface area contributed by atoms with Gasteiger partial charge < -0.3 is 14.8 Å². The van der Waals surface area contributed by atoms with Gasteiger partial charge in [-0.2, -0.15) is 0 Å². The molecule has 0 aliphatic carbocycles. The summed E-state index contributed by atoms with van der Waals surface area (Å²) in [5.74, 6) is -1.47. The van der Waals surface area contributed by atoms with Gasteiger partial charge in [0, 0.05) is 6.04 Å². The third kappa shape index (κ3) is 4.31. The van der Waals surface area contributed by atoms with Gasteiger partial charge in [-0.3, -0.25) is 0 Å². The van der Waals surface area contributed by atoms with E-state index in [0.29, 0.717) is 12.8 Å². The first-order valence-corrected chi connectivity index (χ1v) is 8.90. The number of sulfonamides is 1. The summed E-state index contributed by atoms with van der Waals surface area (Å²) in [6, 6.07) is 3.41. The summed E-state index contributed by atoms with van der Waals surface area (Å²) >= 11 is 0. The average molecular weight is 356 g/mol. The summed E-state index contributed by atoms with van der Waals surface area (Å²) in [7, 11) is -1.53. The van der Waals surface area contributed by atoms with Crippen LogP contribution in [0.1, 0.15) is 33.6 Å². The number of nitrogens with one attached hydrogen (secondary N) is 2. The highest BCUT2D eigenvalue weighted by atomic mass is 32.2. The minimum atomic E-state index is -3.88. The predicted molar refractivity (Wildman–Crippen MR) is 85.3 cm³/mol. The lowest BCUT2D eigenvalue weighted by Crippen LogP contribution is -2.42. The Morgan fingerprint density at radius 1 is 1.04 bits per heavy atom. The molecule has 1 saturated heterocycles. The number of esters is 2. The number of hydrogen-bond donors (Lipinski definition) is 2. The van der Waals surface area contributed by atoms with Crippen LogP contribution < -0.4 is 10.0 Å². The molecule has 9 heteroatoms. The van der Waals surface area contributed by atoms with Crippen molar-refractivity contribution < 1.29 is 27.5 Å². The summed E-state index contributed by atoms with van der Waals surface area (Å²) in [5.41, 5.74) is -0.0721. The molecule has 8 nitrogen and oxygen atoms in total. The Morgan fingerprint density at radius 2 is 1.54 bits per heavy atom. The molecule has 132 valence electrons. The number of carbonyl (C=O) groups excluding carboxylic acids is 2. The summed E-state index contributed by atoms with van der Waals surface area (Å²) < 4.78 is 37.0. The topological polar surface area (TPSA) is 111 Å². The fourth-order valence-corrected chi connectivity index (χ4v) is 3.83. The van der Waals surface area contributed by atoms with Gasteiger partial charge in [0.2, 0.25) is 10.0 Å². The quantitative estimate of drug-likeness (QED) is 0.730. The summed E-state index contributed by atoms with van der Waals surface area (Å²) in [6.07, 6.45) is 1.33. The van der Waals surface area contributed by atoms with E-state index in [2.05, 4.69) is 19.5 Å². The zero-order valence-electron chi connectivity index (χ0n) is 13.5. The molecule has 24 heavy (non-hydrogen) atoms. The largest absolute Gasteiger partial charge is 0.465 e. The van der Waals surface area contributed by atoms with Crippen LogP contribution in [0.4, 0.5) is 0 Å². The van der Waals surface area contributed by atoms with Gasteiger partial charge in [-0.1, -0.05) is 0 Å². The van der Waals surface area contributed by atoms with Crippen molar-refractivity contribution in [2.24, 2.45) is 0 Å². The number of ether oxygens (including phenoxy) is 2. The van der Waals surface area contributed by atoms with E-state index in [9.17, 15) is 18.0 Å². The third-order valence-electron chi connectivity index (χ3n) is 3.72. The Balaban J connectivity index is 2.39. The lowest BCUT2D eigenvalue weighted by atomic mass is 10.1. The first kappa shape index (κ1) is 18.4. The molecule has 2 rings (SSSR count). The zero-order valence-corrected chi connectivity index (χ0v) is 14.3. The second kappa shape index (κ2) is 7.73. The molecule has 1 fully saturated rings. The van der Waals surface area contributed by atoms with Gasteiger partial charge in [0.1, 0.15) is 0 Å². The van der Waals surface area contributed by atoms with Gasteiger partial charge in [0.05, 0.1) is 30.2 Å². The van der Waals surface area contributed by atoms with E-state index in [4.69, 9.17) is 0 Å². The SMILES string of the molecule is COC(=O)c1cc(C(=O)OC)cc(S(=O)(=O)NC2CCNCC2)c1. The number of benzene rings is 1. The summed E-state index contributed by atoms with van der Waals surface area (Å²) in [6.45, 7) is 1.45. The molecular weight excluding hydrogens is 336 g/mol. The van der Waals surface area contributed by atoms with E-state index >= 15 is 0 Å². The van der Waals surface area contributed by atoms with E-state index in [-0.39, 0.29) is 22.1 Å². The highest BCUT2D eigenvalue weighted by Crippen LogP contribution is 2.18. The molecule has 1 heterocycles. The van der Waals surface area contributed by atoms with Crippen LogP contribution in [0.25, 0.3) is 0 Å². The van der Waals surface area contributed by atoms with Gasteiger partial charge in [-0.15, -0.1) is 0 Å². The summed E-state index contributed by atoms with van der Waals surface area (Å²) in [5, 5.41) is 3.15. The second-order valence-corrected chi connectivity index (χ2v) is 7.09. The summed E-state index contributed by atoms with van der Waals surface area (Å²) in [4.78, 5) is 23.3. The fourth-order valence-electron chi connectivity index (χ4n) is 2.45. The van der Waals surface area contributed by atoms with Gasteiger partial charge in [0.25, 0.3) is 0 Å². The van der Waals surface area contributed by atoms with Crippen molar-refractivity contribution >= 4 is 22.0 Å². The average Bonchev–Trinajstić information content (AvgIpc) is 2.60. The van der Waals surface area contributed by atoms with Crippen LogP contribution in [0.15, 0.2) is 23.1 Å². The predicted octanol–water partition coefficient (Wildman–Crippen LogP) is 0.290. The first-order valence-electron chi connectivity index (χ1n) is 7.42. The van der Waals surface area contributed by atoms with E-state index in [1.807, 2.05) is 0 Å². The Hall–Kier alpha value is -1.97. The van der Waals surface area contributed by atoms with E-state index in [0.717, 1.165) is 13.1 Å². The Morgan fingerprint density at radius 3 is 2.00 bits per heavy atom. The fraction of sp³-hybridized carbons (Fsp3) is 0.467. The maximum absolute atomic E-state index is 12.6. The van der Waals surface area contributed by atoms with Crippen molar-refractivity contribution in [1.82, 2.24) is 10.0 Å². The molecule has 0 unspecified atom stereocenters. The molecule has 0 amide bonds. The maximum Gasteiger partial charge on any atom is 0.337 e. The third-order valence-corrected chi connectivity index (χ3v) is 5.22. The number of carbonyl (C=O) groups is 2. The normalized spacial score (nSPS) is 15.8. The molecule has 0 saturated carbocycles. The zero-order chi connectivity index (χ0) is 17.7. The van der Waals surface area contributed by atoms with Gasteiger partial charge >= 0.3 is 11.9 Å². The second-order valence-electron chi connectivity index (χ2n) is 5.37. The minimum Gasteiger partial charge on any atom is -0.465 e. The smallest absolute Gasteiger partial charge is 0.337 e. The molecule has 0 spiro atoms. The number of rotatable bonds is 5. The molecule has 2 N–H and O–H groups in total. The first-order chi connectivity index (χ1) is 11.4. The van der Waals surface area contributed by atoms with Crippen LogP contribution in [0.3, 0.4) is 0 Å². The molecule has 1 aliphatic rings. The van der Waals surface area contributed by atoms with Crippen molar-refractivity contribution in [2.75, 3.05) is 27.3 Å². The number of methoxy groups -OCH3 is 2. The van der Waals surface area contributed by atoms with Gasteiger partial charge in [0.15, 0.2) is 0 Å². The van der Waals surface area contributed by atoms with Gasteiger partial charge in [-0.05, 0) is 44.1 Å². The van der Waals surface area contributed by atoms with Crippen LogP contribution in [0.2, 0.25) is 0 Å². The molecule has 0 radical (unpaired) electrons. The van der Waals surface area contributed by atoms with Crippen molar-refractivity contribution in [1.29, 1.82) is 0 Å². The van der Waals surface area contributed by atoms with Crippen LogP contribution in [-0.4, -0.2) is 53.7 Å². The van der Waals surface area contributed by atoms with Crippen molar-refractivity contribution in [3.63, 3.8) is 0 Å². The molecule has 0 atom stereocenters. The van der Waals surface area contributed by atoms with Crippen LogP contribution >= 0.6 is 0 Å². The van der Waals surface area contributed by atoms with Crippen LogP contribution in [-0.2, 0) is 19.5 Å². The highest BCUT2D eigenvalue weighted by Gasteiger charge is 2.24. The molecule has 1 aliphatic heterocycles. The Bertz CT molecular complexity index is 691. The standard InChI is InChI=1S/C15H20N2O6S/c1-22-14(18)10-7-11(15(19)23-2)9-13(8-10)24(20,21)17-12-3-5-16-6-4-12/h7-9,12,16-17H,3-6H2,1-2H3. The lowest BCUT2D eigenvalue weighted by molar-refractivity contribution is 0.0598. The van der Waals surface area contributed by atoms with E-state index in [1.165, 1.54) is 32.4 Å². The van der Waals surface area contributed by atoms with E-state index in [1.54, 1.807) is 0 Å². The number of hydrogen-bond acceptors (Lipinski definition) is 7. The van der Waals surface area contributed by atoms with Gasteiger partial charge in [-0.25, -0.2) is 22.7 Å². The van der Waals surface area contributed by atoms with Crippen LogP contribution in [0, 0.1) is 0 Å². The maximum atomic E-state index is 12.6. The minimum absolute atomic E-state index is 0.0360. The van der Waals surface area contributed by atoms with E-state index < -0.39 is 22.0 Å². The van der Waals surface area contributed by atoms with Crippen molar-refractivity contribution in [3.8, 4) is 0 Å². The Kier molecular flexibility index (Phi) is 5.92. The monoisotopic (exact) mass is 356 g/mol. The van der Waals surface area contributed by atoms with Crippen molar-refractivity contribution in [3.05, 3.63) is 29.3 Å². The molecule has 0 aromatic heterocycles. The Labute approximate surface area is 140 Å². The van der Waals surface area contributed by atoms with Crippen molar-refractivity contribution in [2.45, 2.75) is 23.8 Å². The molecule has 0 bridgehead atoms. The molecule has 1 aromatic rings. The molecule has 1 aromatic carbocycles. The highest BCUT2D eigenvalue weighted by molar-refractivity contribution is 7.89. The molecular formula is C15H20N2O6S. The number of piperidine rings is 1.